The third kappa shape index (κ3) is 3.65. The molecule has 0 spiro atoms. The van der Waals surface area contributed by atoms with Crippen LogP contribution in [-0.2, 0) is 6.42 Å². The number of pyridine rings is 2. The predicted octanol–water partition coefficient (Wildman–Crippen LogP) is 8.76. The van der Waals surface area contributed by atoms with Crippen LogP contribution in [-0.4, -0.2) is 0 Å². The molecule has 200 valence electrons. The van der Waals surface area contributed by atoms with Crippen molar-refractivity contribution in [3.63, 3.8) is 0 Å². The summed E-state index contributed by atoms with van der Waals surface area (Å²) in [5.41, 5.74) is 12.1. The van der Waals surface area contributed by atoms with Crippen LogP contribution in [0.5, 0.6) is 0 Å². The van der Waals surface area contributed by atoms with Gasteiger partial charge >= 0.3 is 0 Å². The SMILES string of the molecule is C=C1CC2C(CCc3ccc4c(oc5c(C(C)C)cccc54)c3-c3cccc[n+]31)c1ccccc1-c1cccc[n+]12. The Kier molecular flexibility index (Phi) is 5.50. The molecule has 5 heterocycles. The average Bonchev–Trinajstić information content (AvgIpc) is 3.39. The van der Waals surface area contributed by atoms with E-state index < -0.39 is 0 Å². The van der Waals surface area contributed by atoms with Crippen molar-refractivity contribution in [2.24, 2.45) is 0 Å². The molecular weight excluding hydrogens is 500 g/mol. The molecule has 41 heavy (non-hydrogen) atoms. The highest BCUT2D eigenvalue weighted by Crippen LogP contribution is 2.45. The second kappa shape index (κ2) is 9.27. The van der Waals surface area contributed by atoms with Gasteiger partial charge in [0.2, 0.25) is 11.4 Å². The summed E-state index contributed by atoms with van der Waals surface area (Å²) in [6.07, 6.45) is 7.33. The molecule has 0 bridgehead atoms. The van der Waals surface area contributed by atoms with Crippen LogP contribution < -0.4 is 9.13 Å². The van der Waals surface area contributed by atoms with E-state index in [0.29, 0.717) is 17.9 Å². The fraction of sp³-hybridized carbons (Fsp3) is 0.211. The van der Waals surface area contributed by atoms with Crippen LogP contribution in [0.3, 0.4) is 0 Å². The summed E-state index contributed by atoms with van der Waals surface area (Å²) in [5.74, 6) is 0.762. The summed E-state index contributed by atoms with van der Waals surface area (Å²) in [6, 6.07) is 33.6. The number of allylic oxidation sites excluding steroid dienone is 1. The third-order valence-electron chi connectivity index (χ3n) is 9.38. The lowest BCUT2D eigenvalue weighted by Crippen LogP contribution is -2.49. The van der Waals surface area contributed by atoms with E-state index in [1.807, 2.05) is 0 Å². The van der Waals surface area contributed by atoms with Gasteiger partial charge in [-0.25, -0.2) is 0 Å². The molecule has 2 aliphatic heterocycles. The van der Waals surface area contributed by atoms with Gasteiger partial charge in [-0.15, -0.1) is 0 Å². The van der Waals surface area contributed by atoms with Crippen LogP contribution in [0.2, 0.25) is 0 Å². The van der Waals surface area contributed by atoms with Crippen LogP contribution in [0.1, 0.15) is 61.3 Å². The lowest BCUT2D eigenvalue weighted by molar-refractivity contribution is -0.720. The van der Waals surface area contributed by atoms with E-state index in [-0.39, 0.29) is 0 Å². The van der Waals surface area contributed by atoms with Crippen molar-refractivity contribution in [2.75, 3.05) is 0 Å². The number of rotatable bonds is 1. The van der Waals surface area contributed by atoms with Gasteiger partial charge in [-0.05, 0) is 60.2 Å². The average molecular weight is 535 g/mol. The highest BCUT2D eigenvalue weighted by Gasteiger charge is 2.42. The van der Waals surface area contributed by atoms with Gasteiger partial charge in [-0.1, -0.05) is 62.4 Å². The molecule has 2 unspecified atom stereocenters. The molecule has 0 saturated carbocycles. The molecule has 6 aromatic rings. The molecule has 0 aliphatic carbocycles. The van der Waals surface area contributed by atoms with Crippen molar-refractivity contribution in [3.8, 4) is 22.5 Å². The van der Waals surface area contributed by atoms with Crippen molar-refractivity contribution in [1.82, 2.24) is 0 Å². The number of furan rings is 1. The number of aromatic nitrogens is 2. The van der Waals surface area contributed by atoms with Crippen molar-refractivity contribution in [3.05, 3.63) is 127 Å². The molecule has 2 atom stereocenters. The first-order valence-electron chi connectivity index (χ1n) is 14.9. The van der Waals surface area contributed by atoms with Gasteiger partial charge in [0.1, 0.15) is 11.2 Å². The largest absolute Gasteiger partial charge is 0.455 e. The van der Waals surface area contributed by atoms with Crippen LogP contribution >= 0.6 is 0 Å². The maximum absolute atomic E-state index is 6.87. The fourth-order valence-electron chi connectivity index (χ4n) is 7.46. The zero-order valence-corrected chi connectivity index (χ0v) is 23.7. The Morgan fingerprint density at radius 2 is 1.56 bits per heavy atom. The van der Waals surface area contributed by atoms with Gasteiger partial charge < -0.3 is 4.42 Å². The molecule has 0 N–H and O–H groups in total. The molecule has 3 aromatic carbocycles. The van der Waals surface area contributed by atoms with Gasteiger partial charge in [0.05, 0.1) is 12.0 Å². The van der Waals surface area contributed by atoms with Crippen LogP contribution in [0.15, 0.2) is 114 Å². The van der Waals surface area contributed by atoms with E-state index in [1.54, 1.807) is 0 Å². The molecule has 3 aromatic heterocycles. The first kappa shape index (κ1) is 24.3. The number of benzene rings is 3. The Morgan fingerprint density at radius 3 is 2.44 bits per heavy atom. The number of nitrogens with zero attached hydrogens (tertiary/aromatic N) is 2. The Balaban J connectivity index is 1.38. The van der Waals surface area contributed by atoms with Crippen LogP contribution in [0.25, 0.3) is 50.2 Å². The van der Waals surface area contributed by atoms with E-state index in [4.69, 9.17) is 11.0 Å². The third-order valence-corrected chi connectivity index (χ3v) is 9.38. The van der Waals surface area contributed by atoms with Gasteiger partial charge in [0, 0.05) is 46.5 Å². The Labute approximate surface area is 241 Å². The molecule has 0 fully saturated rings. The maximum Gasteiger partial charge on any atom is 0.222 e. The fourth-order valence-corrected chi connectivity index (χ4v) is 7.46. The first-order chi connectivity index (χ1) is 20.1. The second-order valence-electron chi connectivity index (χ2n) is 12.0. The molecule has 0 amide bonds. The smallest absolute Gasteiger partial charge is 0.222 e. The van der Waals surface area contributed by atoms with Crippen molar-refractivity contribution in [1.29, 1.82) is 0 Å². The summed E-state index contributed by atoms with van der Waals surface area (Å²) >= 11 is 0. The van der Waals surface area contributed by atoms with Crippen molar-refractivity contribution < 1.29 is 13.6 Å². The van der Waals surface area contributed by atoms with Crippen LogP contribution in [0, 0.1) is 0 Å². The molecule has 8 rings (SSSR count). The van der Waals surface area contributed by atoms with Gasteiger partial charge in [-0.3, -0.25) is 0 Å². The highest BCUT2D eigenvalue weighted by atomic mass is 16.3. The number of fused-ring (bicyclic) bond motifs is 13. The molecule has 0 radical (unpaired) electrons. The van der Waals surface area contributed by atoms with Gasteiger partial charge in [0.25, 0.3) is 0 Å². The van der Waals surface area contributed by atoms with Gasteiger partial charge in [0.15, 0.2) is 24.1 Å². The van der Waals surface area contributed by atoms with Crippen LogP contribution in [0.4, 0.5) is 0 Å². The minimum absolute atomic E-state index is 0.291. The predicted molar refractivity (Wildman–Crippen MR) is 166 cm³/mol. The van der Waals surface area contributed by atoms with Crippen molar-refractivity contribution in [2.45, 2.75) is 51.0 Å². The summed E-state index contributed by atoms with van der Waals surface area (Å²) in [4.78, 5) is 0. The van der Waals surface area contributed by atoms with E-state index >= 15 is 0 Å². The lowest BCUT2D eigenvalue weighted by Gasteiger charge is -2.31. The summed E-state index contributed by atoms with van der Waals surface area (Å²) in [5, 5.41) is 2.38. The topological polar surface area (TPSA) is 20.9 Å². The van der Waals surface area contributed by atoms with Gasteiger partial charge in [-0.2, -0.15) is 9.13 Å². The monoisotopic (exact) mass is 534 g/mol. The Bertz CT molecular complexity index is 2000. The zero-order valence-electron chi connectivity index (χ0n) is 23.7. The second-order valence-corrected chi connectivity index (χ2v) is 12.0. The van der Waals surface area contributed by atoms with E-state index in [2.05, 4.69) is 126 Å². The quantitative estimate of drug-likeness (QED) is 0.193. The van der Waals surface area contributed by atoms with E-state index in [9.17, 15) is 0 Å². The minimum Gasteiger partial charge on any atom is -0.455 e. The number of para-hydroxylation sites is 1. The van der Waals surface area contributed by atoms with Crippen molar-refractivity contribution >= 4 is 27.6 Å². The molecule has 0 saturated heterocycles. The summed E-state index contributed by atoms with van der Waals surface area (Å²) in [7, 11) is 0. The highest BCUT2D eigenvalue weighted by molar-refractivity contribution is 6.10. The molecule has 3 heteroatoms. The Morgan fingerprint density at radius 1 is 0.780 bits per heavy atom. The first-order valence-corrected chi connectivity index (χ1v) is 14.9. The number of aryl methyl sites for hydroxylation is 1. The summed E-state index contributed by atoms with van der Waals surface area (Å²) in [6.45, 7) is 9.18. The molecule has 2 aliphatic rings. The number of hydrogen-bond acceptors (Lipinski definition) is 1. The standard InChI is InChI=1S/C38H34N2O/c1-24(2)27-13-10-14-31-32-20-18-26-17-19-30-28-11-4-5-12-29(28)33-15-6-9-22-40(33)35(30)23-25(3)39-21-8-7-16-34(39)36(26)38(32)41-37(27)31/h4-16,18,20-22,24,30,35H,3,17,19,23H2,1-2H3/q+2. The van der Waals surface area contributed by atoms with E-state index in [0.717, 1.165) is 41.8 Å². The summed E-state index contributed by atoms with van der Waals surface area (Å²) < 4.78 is 11.7. The normalized spacial score (nSPS) is 18.0. The minimum atomic E-state index is 0.291. The Hall–Kier alpha value is -4.50. The van der Waals surface area contributed by atoms with E-state index in [1.165, 1.54) is 44.3 Å². The maximum atomic E-state index is 6.87. The lowest BCUT2D eigenvalue weighted by atomic mass is 9.77. The number of hydrogen-bond donors (Lipinski definition) is 0. The zero-order chi connectivity index (χ0) is 27.7. The molecule has 3 nitrogen and oxygen atoms in total. The molecular formula is C38H34N2O+2.